The lowest BCUT2D eigenvalue weighted by Gasteiger charge is -2.11. The zero-order chi connectivity index (χ0) is 20.4. The van der Waals surface area contributed by atoms with Gasteiger partial charge in [0.1, 0.15) is 10.7 Å². The first kappa shape index (κ1) is 19.5. The van der Waals surface area contributed by atoms with Crippen molar-refractivity contribution in [3.05, 3.63) is 76.9 Å². The van der Waals surface area contributed by atoms with E-state index in [1.807, 2.05) is 35.7 Å². The van der Waals surface area contributed by atoms with Crippen molar-refractivity contribution in [2.75, 3.05) is 0 Å². The molecule has 0 atom stereocenters. The molecule has 0 aliphatic heterocycles. The molecule has 3 aromatic heterocycles. The van der Waals surface area contributed by atoms with Crippen molar-refractivity contribution < 1.29 is 8.78 Å². The predicted octanol–water partition coefficient (Wildman–Crippen LogP) is 5.19. The van der Waals surface area contributed by atoms with Crippen LogP contribution in [-0.2, 0) is 12.3 Å². The molecule has 0 N–H and O–H groups in total. The fourth-order valence-corrected chi connectivity index (χ4v) is 4.95. The zero-order valence-electron chi connectivity index (χ0n) is 15.2. The molecule has 0 aliphatic carbocycles. The number of nitrogens with zero attached hydrogens (tertiary/aromatic N) is 4. The molecule has 9 heteroatoms. The first-order valence-electron chi connectivity index (χ1n) is 8.71. The molecule has 0 unspecified atom stereocenters. The third-order valence-electron chi connectivity index (χ3n) is 4.34. The molecular weight excluding hydrogens is 414 g/mol. The zero-order valence-corrected chi connectivity index (χ0v) is 16.8. The lowest BCUT2D eigenvalue weighted by Crippen LogP contribution is -2.22. The lowest BCUT2D eigenvalue weighted by atomic mass is 10.1. The Balaban J connectivity index is 1.77. The minimum absolute atomic E-state index is 0.170. The molecule has 0 amide bonds. The van der Waals surface area contributed by atoms with Gasteiger partial charge in [0, 0.05) is 29.9 Å². The molecule has 4 rings (SSSR count). The number of rotatable bonds is 7. The van der Waals surface area contributed by atoms with E-state index in [1.165, 1.54) is 40.1 Å². The van der Waals surface area contributed by atoms with Gasteiger partial charge in [0.2, 0.25) is 0 Å². The topological polar surface area (TPSA) is 52.7 Å². The minimum atomic E-state index is -2.66. The third kappa shape index (κ3) is 3.75. The number of hydrogen-bond acceptors (Lipinski definition) is 5. The van der Waals surface area contributed by atoms with E-state index >= 15 is 0 Å². The highest BCUT2D eigenvalue weighted by Crippen LogP contribution is 2.32. The monoisotopic (exact) mass is 430 g/mol. The molecule has 0 bridgehead atoms. The van der Waals surface area contributed by atoms with Gasteiger partial charge in [0.05, 0.1) is 11.1 Å². The minimum Gasteiger partial charge on any atom is -0.283 e. The van der Waals surface area contributed by atoms with Gasteiger partial charge in [0.15, 0.2) is 5.16 Å². The molecule has 0 spiro atoms. The predicted molar refractivity (Wildman–Crippen MR) is 113 cm³/mol. The van der Waals surface area contributed by atoms with E-state index in [0.29, 0.717) is 15.4 Å². The van der Waals surface area contributed by atoms with Crippen LogP contribution >= 0.6 is 23.1 Å². The number of imidazole rings is 1. The van der Waals surface area contributed by atoms with Crippen LogP contribution in [0.3, 0.4) is 0 Å². The van der Waals surface area contributed by atoms with E-state index in [9.17, 15) is 13.6 Å². The van der Waals surface area contributed by atoms with Crippen LogP contribution in [0.4, 0.5) is 8.78 Å². The van der Waals surface area contributed by atoms with Crippen molar-refractivity contribution in [1.82, 2.24) is 19.1 Å². The molecule has 0 saturated heterocycles. The summed E-state index contributed by atoms with van der Waals surface area (Å²) in [4.78, 5) is 22.5. The van der Waals surface area contributed by atoms with E-state index in [-0.39, 0.29) is 23.7 Å². The van der Waals surface area contributed by atoms with Crippen molar-refractivity contribution in [2.45, 2.75) is 24.0 Å². The maximum absolute atomic E-state index is 13.3. The molecular formula is C20H16F2N4OS2. The quantitative estimate of drug-likeness (QED) is 0.230. The number of halogens is 2. The fraction of sp³-hybridized carbons (Fsp3) is 0.150. The van der Waals surface area contributed by atoms with Gasteiger partial charge in [-0.3, -0.25) is 13.9 Å². The summed E-state index contributed by atoms with van der Waals surface area (Å²) in [5, 5.41) is 2.93. The molecule has 5 nitrogen and oxygen atoms in total. The van der Waals surface area contributed by atoms with Crippen molar-refractivity contribution >= 4 is 33.3 Å². The molecule has 0 radical (unpaired) electrons. The molecule has 0 aliphatic rings. The Morgan fingerprint density at radius 1 is 1.28 bits per heavy atom. The summed E-state index contributed by atoms with van der Waals surface area (Å²) in [5.41, 5.74) is 1.61. The maximum atomic E-state index is 13.3. The van der Waals surface area contributed by atoms with E-state index in [4.69, 9.17) is 0 Å². The molecule has 29 heavy (non-hydrogen) atoms. The van der Waals surface area contributed by atoms with Crippen molar-refractivity contribution in [3.63, 3.8) is 0 Å². The molecule has 1 aromatic carbocycles. The van der Waals surface area contributed by atoms with E-state index in [0.717, 1.165) is 15.7 Å². The number of benzene rings is 1. The van der Waals surface area contributed by atoms with Gasteiger partial charge in [0.25, 0.3) is 5.56 Å². The second-order valence-corrected chi connectivity index (χ2v) is 7.91. The Hall–Kier alpha value is -2.78. The van der Waals surface area contributed by atoms with E-state index in [2.05, 4.69) is 16.5 Å². The number of fused-ring (bicyclic) bond motifs is 1. The first-order chi connectivity index (χ1) is 14.1. The SMILES string of the molecule is C=CCn1c(SCc2nccn2C(F)F)nc2scc(-c3ccccc3)c2c1=O. The van der Waals surface area contributed by atoms with Crippen LogP contribution in [-0.4, -0.2) is 19.1 Å². The van der Waals surface area contributed by atoms with E-state index in [1.54, 1.807) is 6.08 Å². The summed E-state index contributed by atoms with van der Waals surface area (Å²) in [5.74, 6) is 0.393. The van der Waals surface area contributed by atoms with E-state index < -0.39 is 6.55 Å². The van der Waals surface area contributed by atoms with Gasteiger partial charge in [-0.15, -0.1) is 17.9 Å². The fourth-order valence-electron chi connectivity index (χ4n) is 3.00. The molecule has 4 aromatic rings. The van der Waals surface area contributed by atoms with Gasteiger partial charge in [-0.25, -0.2) is 9.97 Å². The van der Waals surface area contributed by atoms with Crippen LogP contribution in [0.25, 0.3) is 21.3 Å². The van der Waals surface area contributed by atoms with Crippen molar-refractivity contribution in [3.8, 4) is 11.1 Å². The average molecular weight is 431 g/mol. The van der Waals surface area contributed by atoms with Crippen LogP contribution in [0.5, 0.6) is 0 Å². The van der Waals surface area contributed by atoms with Crippen molar-refractivity contribution in [1.29, 1.82) is 0 Å². The van der Waals surface area contributed by atoms with Gasteiger partial charge >= 0.3 is 6.55 Å². The average Bonchev–Trinajstić information content (AvgIpc) is 3.36. The second kappa shape index (κ2) is 8.30. The Labute approximate surface area is 173 Å². The summed E-state index contributed by atoms with van der Waals surface area (Å²) in [6, 6.07) is 9.66. The molecule has 0 fully saturated rings. The highest BCUT2D eigenvalue weighted by atomic mass is 32.2. The number of thioether (sulfide) groups is 1. The number of alkyl halides is 2. The summed E-state index contributed by atoms with van der Waals surface area (Å²) in [6.45, 7) is 1.34. The Morgan fingerprint density at radius 2 is 2.07 bits per heavy atom. The molecule has 0 saturated carbocycles. The van der Waals surface area contributed by atoms with Crippen LogP contribution < -0.4 is 5.56 Å². The Bertz CT molecular complexity index is 1210. The lowest BCUT2D eigenvalue weighted by molar-refractivity contribution is 0.0678. The largest absolute Gasteiger partial charge is 0.319 e. The summed E-state index contributed by atoms with van der Waals surface area (Å²) in [6.07, 6.45) is 4.19. The Morgan fingerprint density at radius 3 is 2.79 bits per heavy atom. The van der Waals surface area contributed by atoms with Crippen LogP contribution in [0, 0.1) is 0 Å². The number of aromatic nitrogens is 4. The number of allylic oxidation sites excluding steroid dienone is 1. The number of thiophene rings is 1. The normalized spacial score (nSPS) is 11.4. The Kier molecular flexibility index (Phi) is 5.59. The second-order valence-electron chi connectivity index (χ2n) is 6.11. The summed E-state index contributed by atoms with van der Waals surface area (Å²) in [7, 11) is 0. The highest BCUT2D eigenvalue weighted by Gasteiger charge is 2.18. The molecule has 3 heterocycles. The summed E-state index contributed by atoms with van der Waals surface area (Å²) >= 11 is 2.60. The van der Waals surface area contributed by atoms with Crippen LogP contribution in [0.2, 0.25) is 0 Å². The van der Waals surface area contributed by atoms with Crippen molar-refractivity contribution in [2.24, 2.45) is 0 Å². The van der Waals surface area contributed by atoms with Gasteiger partial charge in [-0.1, -0.05) is 48.2 Å². The maximum Gasteiger partial charge on any atom is 0.319 e. The van der Waals surface area contributed by atoms with Crippen LogP contribution in [0.15, 0.2) is 70.7 Å². The smallest absolute Gasteiger partial charge is 0.283 e. The van der Waals surface area contributed by atoms with Gasteiger partial charge in [-0.2, -0.15) is 8.78 Å². The molecule has 148 valence electrons. The van der Waals surface area contributed by atoms with Crippen LogP contribution in [0.1, 0.15) is 12.4 Å². The van der Waals surface area contributed by atoms with Gasteiger partial charge < -0.3 is 0 Å². The standard InChI is InChI=1S/C20H16F2N4OS2/c1-2-9-26-18(27)16-14(13-6-4-3-5-7-13)11-28-17(16)24-20(26)29-12-15-23-8-10-25(15)19(21)22/h2-8,10-11,19H,1,9,12H2. The highest BCUT2D eigenvalue weighted by molar-refractivity contribution is 7.98. The first-order valence-corrected chi connectivity index (χ1v) is 10.6. The number of hydrogen-bond donors (Lipinski definition) is 0. The summed E-state index contributed by atoms with van der Waals surface area (Å²) < 4.78 is 28.4. The van der Waals surface area contributed by atoms with Gasteiger partial charge in [-0.05, 0) is 5.56 Å². The third-order valence-corrected chi connectivity index (χ3v) is 6.19.